The van der Waals surface area contributed by atoms with Crippen LogP contribution in [0.1, 0.15) is 33.0 Å². The van der Waals surface area contributed by atoms with Gasteiger partial charge in [-0.3, -0.25) is 14.3 Å². The van der Waals surface area contributed by atoms with E-state index in [0.29, 0.717) is 17.3 Å². The van der Waals surface area contributed by atoms with E-state index in [-0.39, 0.29) is 11.3 Å². The molecule has 2 heterocycles. The molecule has 2 aromatic carbocycles. The number of carbonyl (C=O) groups is 1. The number of hydrogen-bond donors (Lipinski definition) is 2. The van der Waals surface area contributed by atoms with E-state index in [4.69, 9.17) is 0 Å². The van der Waals surface area contributed by atoms with Crippen molar-refractivity contribution in [2.75, 3.05) is 0 Å². The molecule has 0 atom stereocenters. The average Bonchev–Trinajstić information content (AvgIpc) is 3.02. The van der Waals surface area contributed by atoms with Gasteiger partial charge in [0.25, 0.3) is 11.5 Å². The Balaban J connectivity index is 1.53. The van der Waals surface area contributed by atoms with Crippen molar-refractivity contribution in [1.29, 1.82) is 0 Å². The number of nitrogens with one attached hydrogen (secondary N) is 2. The van der Waals surface area contributed by atoms with Crippen LogP contribution in [0.4, 0.5) is 0 Å². The predicted molar refractivity (Wildman–Crippen MR) is 115 cm³/mol. The molecule has 0 spiro atoms. The summed E-state index contributed by atoms with van der Waals surface area (Å²) in [5.41, 5.74) is 5.99. The molecule has 0 aliphatic heterocycles. The highest BCUT2D eigenvalue weighted by atomic mass is 16.2. The maximum absolute atomic E-state index is 12.5. The topological polar surface area (TPSA) is 105 Å². The summed E-state index contributed by atoms with van der Waals surface area (Å²) >= 11 is 0. The standard InChI is InChI=1S/C22H20N6O2/c1-14-19(15(2)28(27-14)13-16-8-4-3-5-9-16)12-23-25-22(30)20-17-10-6-7-11-18(17)21(29)26-24-20/h3-12H,13H2,1-2H3,(H,25,30)(H,26,29). The van der Waals surface area contributed by atoms with E-state index in [2.05, 4.69) is 25.8 Å². The van der Waals surface area contributed by atoms with Gasteiger partial charge in [0, 0.05) is 16.6 Å². The van der Waals surface area contributed by atoms with Gasteiger partial charge in [-0.15, -0.1) is 0 Å². The summed E-state index contributed by atoms with van der Waals surface area (Å²) < 4.78 is 1.91. The molecule has 2 N–H and O–H groups in total. The molecular weight excluding hydrogens is 380 g/mol. The number of aromatic nitrogens is 4. The maximum atomic E-state index is 12.5. The minimum absolute atomic E-state index is 0.107. The Labute approximate surface area is 172 Å². The SMILES string of the molecule is Cc1nn(Cc2ccccc2)c(C)c1C=NNC(=O)c1n[nH]c(=O)c2ccccc12. The van der Waals surface area contributed by atoms with Gasteiger partial charge in [0.2, 0.25) is 0 Å². The van der Waals surface area contributed by atoms with Gasteiger partial charge in [0.15, 0.2) is 5.69 Å². The summed E-state index contributed by atoms with van der Waals surface area (Å²) in [6, 6.07) is 16.9. The van der Waals surface area contributed by atoms with Crippen LogP contribution in [0.25, 0.3) is 10.8 Å². The van der Waals surface area contributed by atoms with Crippen molar-refractivity contribution in [3.8, 4) is 0 Å². The van der Waals surface area contributed by atoms with Gasteiger partial charge in [-0.05, 0) is 25.5 Å². The Bertz CT molecular complexity index is 1300. The quantitative estimate of drug-likeness (QED) is 0.397. The van der Waals surface area contributed by atoms with Crippen LogP contribution in [0.5, 0.6) is 0 Å². The lowest BCUT2D eigenvalue weighted by Gasteiger charge is -2.04. The lowest BCUT2D eigenvalue weighted by Crippen LogP contribution is -2.22. The molecule has 8 heteroatoms. The van der Waals surface area contributed by atoms with Crippen molar-refractivity contribution in [2.45, 2.75) is 20.4 Å². The summed E-state index contributed by atoms with van der Waals surface area (Å²) in [5, 5.41) is 15.7. The van der Waals surface area contributed by atoms with Crippen molar-refractivity contribution in [1.82, 2.24) is 25.4 Å². The first kappa shape index (κ1) is 19.3. The third-order valence-electron chi connectivity index (χ3n) is 4.88. The molecule has 0 saturated heterocycles. The number of aryl methyl sites for hydroxylation is 1. The zero-order valence-corrected chi connectivity index (χ0v) is 16.6. The highest BCUT2D eigenvalue weighted by Gasteiger charge is 2.14. The van der Waals surface area contributed by atoms with E-state index in [1.165, 1.54) is 0 Å². The van der Waals surface area contributed by atoms with Gasteiger partial charge in [0.1, 0.15) is 0 Å². The summed E-state index contributed by atoms with van der Waals surface area (Å²) in [4.78, 5) is 24.4. The van der Waals surface area contributed by atoms with E-state index in [1.807, 2.05) is 48.9 Å². The molecule has 2 aromatic heterocycles. The smallest absolute Gasteiger partial charge is 0.267 e. The minimum atomic E-state index is -0.509. The molecule has 0 radical (unpaired) electrons. The minimum Gasteiger partial charge on any atom is -0.267 e. The summed E-state index contributed by atoms with van der Waals surface area (Å²) in [6.45, 7) is 4.51. The number of aromatic amines is 1. The van der Waals surface area contributed by atoms with Crippen molar-refractivity contribution < 1.29 is 4.79 Å². The van der Waals surface area contributed by atoms with Crippen molar-refractivity contribution in [2.24, 2.45) is 5.10 Å². The number of benzene rings is 2. The monoisotopic (exact) mass is 400 g/mol. The third-order valence-corrected chi connectivity index (χ3v) is 4.88. The molecule has 1 amide bonds. The van der Waals surface area contributed by atoms with E-state index < -0.39 is 5.91 Å². The van der Waals surface area contributed by atoms with Crippen LogP contribution in [-0.4, -0.2) is 32.1 Å². The Morgan fingerprint density at radius 3 is 2.57 bits per heavy atom. The van der Waals surface area contributed by atoms with Crippen LogP contribution >= 0.6 is 0 Å². The number of fused-ring (bicyclic) bond motifs is 1. The number of rotatable bonds is 5. The summed E-state index contributed by atoms with van der Waals surface area (Å²) in [7, 11) is 0. The van der Waals surface area contributed by atoms with Crippen molar-refractivity contribution in [3.05, 3.63) is 93.2 Å². The van der Waals surface area contributed by atoms with Crippen LogP contribution < -0.4 is 11.0 Å². The van der Waals surface area contributed by atoms with E-state index in [0.717, 1.165) is 22.5 Å². The predicted octanol–water partition coefficient (Wildman–Crippen LogP) is 2.55. The highest BCUT2D eigenvalue weighted by Crippen LogP contribution is 2.14. The lowest BCUT2D eigenvalue weighted by molar-refractivity contribution is 0.0951. The number of amides is 1. The summed E-state index contributed by atoms with van der Waals surface area (Å²) in [6.07, 6.45) is 1.57. The molecule has 30 heavy (non-hydrogen) atoms. The molecule has 0 saturated carbocycles. The second-order valence-electron chi connectivity index (χ2n) is 6.87. The van der Waals surface area contributed by atoms with Crippen molar-refractivity contribution in [3.63, 3.8) is 0 Å². The fourth-order valence-electron chi connectivity index (χ4n) is 3.30. The van der Waals surface area contributed by atoms with Crippen LogP contribution in [0.3, 0.4) is 0 Å². The molecule has 4 aromatic rings. The van der Waals surface area contributed by atoms with Gasteiger partial charge in [-0.25, -0.2) is 10.5 Å². The molecule has 0 unspecified atom stereocenters. The van der Waals surface area contributed by atoms with E-state index >= 15 is 0 Å². The average molecular weight is 400 g/mol. The fraction of sp³-hybridized carbons (Fsp3) is 0.136. The summed E-state index contributed by atoms with van der Waals surface area (Å²) in [5.74, 6) is -0.509. The number of hydrogen-bond acceptors (Lipinski definition) is 5. The lowest BCUT2D eigenvalue weighted by atomic mass is 10.1. The first-order chi connectivity index (χ1) is 14.5. The molecule has 0 bridgehead atoms. The Kier molecular flexibility index (Phi) is 5.21. The van der Waals surface area contributed by atoms with Crippen LogP contribution in [0.2, 0.25) is 0 Å². The first-order valence-electron chi connectivity index (χ1n) is 9.43. The third kappa shape index (κ3) is 3.75. The number of hydrazone groups is 1. The number of nitrogens with zero attached hydrogens (tertiary/aromatic N) is 4. The Hall–Kier alpha value is -4.07. The molecule has 4 rings (SSSR count). The van der Waals surface area contributed by atoms with E-state index in [9.17, 15) is 9.59 Å². The van der Waals surface area contributed by atoms with Gasteiger partial charge >= 0.3 is 0 Å². The normalized spacial score (nSPS) is 11.3. The highest BCUT2D eigenvalue weighted by molar-refractivity contribution is 6.04. The Morgan fingerprint density at radius 2 is 1.80 bits per heavy atom. The van der Waals surface area contributed by atoms with Crippen LogP contribution in [0, 0.1) is 13.8 Å². The van der Waals surface area contributed by atoms with E-state index in [1.54, 1.807) is 30.5 Å². The number of H-pyrrole nitrogens is 1. The van der Waals surface area contributed by atoms with Gasteiger partial charge in [0.05, 0.1) is 23.8 Å². The second-order valence-corrected chi connectivity index (χ2v) is 6.87. The molecular formula is C22H20N6O2. The molecule has 0 aliphatic rings. The largest absolute Gasteiger partial charge is 0.292 e. The van der Waals surface area contributed by atoms with Crippen LogP contribution in [0.15, 0.2) is 64.5 Å². The van der Waals surface area contributed by atoms with Gasteiger partial charge in [-0.2, -0.15) is 15.3 Å². The van der Waals surface area contributed by atoms with Gasteiger partial charge in [-0.1, -0.05) is 48.5 Å². The van der Waals surface area contributed by atoms with Gasteiger partial charge < -0.3 is 0 Å². The fourth-order valence-corrected chi connectivity index (χ4v) is 3.30. The maximum Gasteiger partial charge on any atom is 0.292 e. The first-order valence-corrected chi connectivity index (χ1v) is 9.43. The number of carbonyl (C=O) groups excluding carboxylic acids is 1. The molecule has 8 nitrogen and oxygen atoms in total. The Morgan fingerprint density at radius 1 is 1.10 bits per heavy atom. The van der Waals surface area contributed by atoms with Crippen LogP contribution in [-0.2, 0) is 6.54 Å². The second kappa shape index (κ2) is 8.12. The zero-order valence-electron chi connectivity index (χ0n) is 16.6. The van der Waals surface area contributed by atoms with Crippen molar-refractivity contribution >= 4 is 22.9 Å². The molecule has 0 aliphatic carbocycles. The zero-order chi connectivity index (χ0) is 21.1. The molecule has 150 valence electrons. The molecule has 0 fully saturated rings.